The summed E-state index contributed by atoms with van der Waals surface area (Å²) in [5, 5.41) is 3.42. The molecule has 0 bridgehead atoms. The largest absolute Gasteiger partial charge is 0.476 e. The Hall–Kier alpha value is -3.03. The number of anilines is 1. The molecular formula is C23H21ClN2O4S. The Morgan fingerprint density at radius 1 is 0.968 bits per heavy atom. The summed E-state index contributed by atoms with van der Waals surface area (Å²) in [6.07, 6.45) is -0.965. The molecule has 0 saturated carbocycles. The summed E-state index contributed by atoms with van der Waals surface area (Å²) >= 11 is 5.89. The first-order chi connectivity index (χ1) is 14.9. The Labute approximate surface area is 186 Å². The number of hydrogen-bond donors (Lipinski definition) is 1. The second-order valence-corrected chi connectivity index (χ2v) is 9.52. The lowest BCUT2D eigenvalue weighted by Crippen LogP contribution is -2.50. The fourth-order valence-electron chi connectivity index (χ4n) is 3.37. The van der Waals surface area contributed by atoms with Gasteiger partial charge in [-0.05, 0) is 35.4 Å². The summed E-state index contributed by atoms with van der Waals surface area (Å²) in [4.78, 5) is 12.8. The molecule has 160 valence electrons. The number of para-hydroxylation sites is 2. The van der Waals surface area contributed by atoms with Gasteiger partial charge in [0.15, 0.2) is 6.10 Å². The van der Waals surface area contributed by atoms with Gasteiger partial charge in [-0.25, -0.2) is 8.42 Å². The van der Waals surface area contributed by atoms with Crippen molar-refractivity contribution in [2.24, 2.45) is 0 Å². The zero-order valence-electron chi connectivity index (χ0n) is 16.6. The highest BCUT2D eigenvalue weighted by Crippen LogP contribution is 2.35. The van der Waals surface area contributed by atoms with Crippen molar-refractivity contribution in [3.63, 3.8) is 0 Å². The normalized spacial score (nSPS) is 15.6. The molecule has 31 heavy (non-hydrogen) atoms. The lowest BCUT2D eigenvalue weighted by Gasteiger charge is -2.34. The van der Waals surface area contributed by atoms with E-state index in [2.05, 4.69) is 5.32 Å². The van der Waals surface area contributed by atoms with Gasteiger partial charge in [0.05, 0.1) is 18.0 Å². The number of nitrogens with zero attached hydrogens (tertiary/aromatic N) is 1. The molecule has 0 aliphatic carbocycles. The molecule has 0 aromatic heterocycles. The Bertz CT molecular complexity index is 1170. The van der Waals surface area contributed by atoms with Crippen molar-refractivity contribution in [1.29, 1.82) is 0 Å². The Balaban J connectivity index is 1.53. The minimum atomic E-state index is -3.73. The molecule has 0 saturated heterocycles. The van der Waals surface area contributed by atoms with Crippen LogP contribution < -0.4 is 14.4 Å². The number of fused-ring (bicyclic) bond motifs is 1. The number of carbonyl (C=O) groups is 1. The van der Waals surface area contributed by atoms with E-state index in [4.69, 9.17) is 16.3 Å². The van der Waals surface area contributed by atoms with Crippen LogP contribution in [0.25, 0.3) is 0 Å². The van der Waals surface area contributed by atoms with E-state index in [9.17, 15) is 13.2 Å². The fraction of sp³-hybridized carbons (Fsp3) is 0.174. The first kappa shape index (κ1) is 21.2. The van der Waals surface area contributed by atoms with E-state index in [1.54, 1.807) is 60.7 Å². The maximum Gasteiger partial charge on any atom is 0.263 e. The first-order valence-corrected chi connectivity index (χ1v) is 11.7. The molecule has 1 N–H and O–H groups in total. The molecule has 8 heteroatoms. The molecule has 0 spiro atoms. The molecular weight excluding hydrogens is 436 g/mol. The monoisotopic (exact) mass is 456 g/mol. The molecule has 1 atom stereocenters. The molecule has 3 aromatic rings. The third-order valence-corrected chi connectivity index (χ3v) is 6.90. The van der Waals surface area contributed by atoms with Crippen LogP contribution in [0, 0.1) is 0 Å². The minimum absolute atomic E-state index is 0.0986. The maximum absolute atomic E-state index is 13.2. The van der Waals surface area contributed by atoms with E-state index in [0.29, 0.717) is 22.0 Å². The average molecular weight is 457 g/mol. The van der Waals surface area contributed by atoms with Gasteiger partial charge in [0.2, 0.25) is 10.0 Å². The van der Waals surface area contributed by atoms with Gasteiger partial charge in [0, 0.05) is 11.6 Å². The number of amides is 1. The molecule has 0 radical (unpaired) electrons. The van der Waals surface area contributed by atoms with Crippen LogP contribution in [-0.2, 0) is 27.1 Å². The third-order valence-electron chi connectivity index (χ3n) is 4.93. The zero-order valence-corrected chi connectivity index (χ0v) is 18.1. The van der Waals surface area contributed by atoms with Crippen LogP contribution in [0.2, 0.25) is 5.02 Å². The number of benzene rings is 3. The first-order valence-electron chi connectivity index (χ1n) is 9.74. The van der Waals surface area contributed by atoms with E-state index in [0.717, 1.165) is 5.56 Å². The van der Waals surface area contributed by atoms with Gasteiger partial charge in [-0.2, -0.15) is 0 Å². The smallest absolute Gasteiger partial charge is 0.263 e. The Morgan fingerprint density at radius 3 is 2.39 bits per heavy atom. The van der Waals surface area contributed by atoms with Crippen LogP contribution in [0.3, 0.4) is 0 Å². The summed E-state index contributed by atoms with van der Waals surface area (Å²) in [5.41, 5.74) is 1.98. The molecule has 1 aliphatic rings. The highest BCUT2D eigenvalue weighted by atomic mass is 35.5. The number of rotatable bonds is 6. The second-order valence-electron chi connectivity index (χ2n) is 7.19. The molecule has 4 rings (SSSR count). The van der Waals surface area contributed by atoms with Crippen LogP contribution in [0.1, 0.15) is 11.1 Å². The summed E-state index contributed by atoms with van der Waals surface area (Å²) in [6, 6.07) is 22.9. The summed E-state index contributed by atoms with van der Waals surface area (Å²) in [5.74, 6) is -0.192. The van der Waals surface area contributed by atoms with Crippen molar-refractivity contribution < 1.29 is 17.9 Å². The van der Waals surface area contributed by atoms with Crippen LogP contribution in [-0.4, -0.2) is 27.0 Å². The highest BCUT2D eigenvalue weighted by molar-refractivity contribution is 7.92. The van der Waals surface area contributed by atoms with Crippen molar-refractivity contribution in [1.82, 2.24) is 5.32 Å². The Morgan fingerprint density at radius 2 is 1.65 bits per heavy atom. The van der Waals surface area contributed by atoms with E-state index in [-0.39, 0.29) is 24.7 Å². The van der Waals surface area contributed by atoms with Gasteiger partial charge in [-0.15, -0.1) is 0 Å². The highest BCUT2D eigenvalue weighted by Gasteiger charge is 2.36. The zero-order chi connectivity index (χ0) is 21.8. The lowest BCUT2D eigenvalue weighted by atomic mass is 10.2. The van der Waals surface area contributed by atoms with Crippen molar-refractivity contribution in [2.75, 3.05) is 10.8 Å². The molecule has 1 amide bonds. The second kappa shape index (κ2) is 8.99. The number of ether oxygens (including phenoxy) is 1. The van der Waals surface area contributed by atoms with E-state index in [1.807, 2.05) is 18.2 Å². The molecule has 6 nitrogen and oxygen atoms in total. The third kappa shape index (κ3) is 5.00. The predicted octanol–water partition coefficient (Wildman–Crippen LogP) is 3.75. The summed E-state index contributed by atoms with van der Waals surface area (Å²) in [7, 11) is -3.73. The van der Waals surface area contributed by atoms with E-state index in [1.165, 1.54) is 4.31 Å². The Kier molecular flexibility index (Phi) is 6.15. The van der Waals surface area contributed by atoms with Crippen molar-refractivity contribution >= 4 is 33.2 Å². The molecule has 1 aliphatic heterocycles. The average Bonchev–Trinajstić information content (AvgIpc) is 2.78. The number of nitrogens with one attached hydrogen (secondary N) is 1. The standard InChI is InChI=1S/C23H21ClN2O4S/c24-19-12-10-17(11-13-19)14-25-23(27)22-15-26(20-8-4-5-9-21(20)30-22)31(28,29)16-18-6-2-1-3-7-18/h1-13,22H,14-16H2,(H,25,27)/t22-/m0/s1. The predicted molar refractivity (Wildman–Crippen MR) is 121 cm³/mol. The summed E-state index contributed by atoms with van der Waals surface area (Å²) in [6.45, 7) is 0.187. The van der Waals surface area contributed by atoms with Crippen molar-refractivity contribution in [2.45, 2.75) is 18.4 Å². The number of halogens is 1. The van der Waals surface area contributed by atoms with Gasteiger partial charge in [-0.1, -0.05) is 66.2 Å². The quantitative estimate of drug-likeness (QED) is 0.613. The van der Waals surface area contributed by atoms with E-state index < -0.39 is 16.1 Å². The SMILES string of the molecule is O=C(NCc1ccc(Cl)cc1)[C@@H]1CN(S(=O)(=O)Cc2ccccc2)c2ccccc2O1. The van der Waals surface area contributed by atoms with Crippen molar-refractivity contribution in [3.8, 4) is 5.75 Å². The van der Waals surface area contributed by atoms with Gasteiger partial charge >= 0.3 is 0 Å². The number of carbonyl (C=O) groups excluding carboxylic acids is 1. The maximum atomic E-state index is 13.2. The lowest BCUT2D eigenvalue weighted by molar-refractivity contribution is -0.127. The fourth-order valence-corrected chi connectivity index (χ4v) is 5.08. The molecule has 3 aromatic carbocycles. The van der Waals surface area contributed by atoms with Crippen LogP contribution in [0.15, 0.2) is 78.9 Å². The molecule has 1 heterocycles. The summed E-state index contributed by atoms with van der Waals surface area (Å²) < 4.78 is 33.6. The van der Waals surface area contributed by atoms with Gasteiger partial charge in [-0.3, -0.25) is 9.10 Å². The number of hydrogen-bond acceptors (Lipinski definition) is 4. The van der Waals surface area contributed by atoms with Crippen LogP contribution in [0.4, 0.5) is 5.69 Å². The number of sulfonamides is 1. The van der Waals surface area contributed by atoms with Gasteiger partial charge in [0.1, 0.15) is 5.75 Å². The topological polar surface area (TPSA) is 75.7 Å². The molecule has 0 unspecified atom stereocenters. The van der Waals surface area contributed by atoms with Crippen molar-refractivity contribution in [3.05, 3.63) is 95.0 Å². The van der Waals surface area contributed by atoms with Crippen LogP contribution in [0.5, 0.6) is 5.75 Å². The minimum Gasteiger partial charge on any atom is -0.476 e. The van der Waals surface area contributed by atoms with Gasteiger partial charge < -0.3 is 10.1 Å². The van der Waals surface area contributed by atoms with Crippen LogP contribution >= 0.6 is 11.6 Å². The van der Waals surface area contributed by atoms with Gasteiger partial charge in [0.25, 0.3) is 5.91 Å². The molecule has 0 fully saturated rings. The van der Waals surface area contributed by atoms with E-state index >= 15 is 0 Å².